The lowest BCUT2D eigenvalue weighted by Gasteiger charge is -2.61. The molecule has 5 heteroatoms. The first-order chi connectivity index (χ1) is 12.1. The lowest BCUT2D eigenvalue weighted by molar-refractivity contribution is -0.136. The number of fused-ring (bicyclic) bond motifs is 5. The van der Waals surface area contributed by atoms with E-state index in [9.17, 15) is 14.4 Å². The van der Waals surface area contributed by atoms with E-state index in [1.807, 2.05) is 19.1 Å². The van der Waals surface area contributed by atoms with Crippen LogP contribution in [0.2, 0.25) is 0 Å². The fraction of sp³-hybridized carbons (Fsp3) is 0.667. The van der Waals surface area contributed by atoms with E-state index in [0.29, 0.717) is 12.0 Å². The number of allylic oxidation sites excluding steroid dienone is 4. The third-order valence-corrected chi connectivity index (χ3v) is 9.43. The summed E-state index contributed by atoms with van der Waals surface area (Å²) in [6.07, 6.45) is 7.77. The summed E-state index contributed by atoms with van der Waals surface area (Å²) in [5.41, 5.74) is -0.485. The number of ketones is 3. The molecule has 7 atom stereocenters. The maximum atomic E-state index is 13.0. The summed E-state index contributed by atoms with van der Waals surface area (Å²) in [5.74, 6) is 0.0245. The molecule has 2 saturated carbocycles. The predicted octanol–water partition coefficient (Wildman–Crippen LogP) is 4.26. The molecule has 0 bridgehead atoms. The molecule has 4 rings (SSSR count). The number of Topliss-reactive ketones (excluding diaryl/α,β-unsaturated/α-hetero) is 2. The number of carbonyl (C=O) groups is 3. The fourth-order valence-electron chi connectivity index (χ4n) is 6.49. The first kappa shape index (κ1) is 18.4. The van der Waals surface area contributed by atoms with Crippen molar-refractivity contribution < 1.29 is 14.4 Å². The molecule has 0 heterocycles. The molecule has 0 spiro atoms. The maximum Gasteiger partial charge on any atom is 0.163 e. The van der Waals surface area contributed by atoms with Gasteiger partial charge in [0, 0.05) is 11.8 Å². The highest BCUT2D eigenvalue weighted by Gasteiger charge is 2.70. The Kier molecular flexibility index (Phi) is 3.93. The summed E-state index contributed by atoms with van der Waals surface area (Å²) in [4.78, 5) is 36.2. The average Bonchev–Trinajstić information content (AvgIpc) is 2.87. The number of hydrogen-bond donors (Lipinski definition) is 0. The Labute approximate surface area is 164 Å². The molecule has 4 aliphatic carbocycles. The number of rotatable bonds is 1. The fourth-order valence-corrected chi connectivity index (χ4v) is 7.71. The molecule has 3 nitrogen and oxygen atoms in total. The SMILES string of the molecule is CC(=O)[C@H]1CC[C@H]2[C@@H]3C=CC4=CC(=O)CC(=O)[C@]4(C)[C@@]3(Cl)C(Cl)C[C@]12C. The molecule has 0 amide bonds. The highest BCUT2D eigenvalue weighted by Crippen LogP contribution is 2.69. The monoisotopic (exact) mass is 394 g/mol. The van der Waals surface area contributed by atoms with Crippen LogP contribution < -0.4 is 0 Å². The van der Waals surface area contributed by atoms with Crippen LogP contribution in [-0.4, -0.2) is 27.6 Å². The first-order valence-electron chi connectivity index (χ1n) is 9.36. The molecule has 0 saturated heterocycles. The molecule has 0 N–H and O–H groups in total. The summed E-state index contributed by atoms with van der Waals surface area (Å²) in [6.45, 7) is 5.68. The van der Waals surface area contributed by atoms with Crippen LogP contribution in [0.3, 0.4) is 0 Å². The van der Waals surface area contributed by atoms with Crippen molar-refractivity contribution >= 4 is 40.6 Å². The van der Waals surface area contributed by atoms with E-state index in [1.165, 1.54) is 0 Å². The van der Waals surface area contributed by atoms with Gasteiger partial charge in [-0.15, -0.1) is 23.2 Å². The van der Waals surface area contributed by atoms with Gasteiger partial charge in [-0.3, -0.25) is 14.4 Å². The van der Waals surface area contributed by atoms with Crippen molar-refractivity contribution in [3.63, 3.8) is 0 Å². The number of hydrogen-bond acceptors (Lipinski definition) is 3. The highest BCUT2D eigenvalue weighted by atomic mass is 35.5. The van der Waals surface area contributed by atoms with Crippen molar-refractivity contribution in [2.75, 3.05) is 0 Å². The van der Waals surface area contributed by atoms with E-state index in [4.69, 9.17) is 23.2 Å². The second-order valence-corrected chi connectivity index (χ2v) is 10.1. The summed E-state index contributed by atoms with van der Waals surface area (Å²) >= 11 is 14.2. The van der Waals surface area contributed by atoms with Crippen LogP contribution in [0.5, 0.6) is 0 Å². The van der Waals surface area contributed by atoms with E-state index in [-0.39, 0.29) is 46.9 Å². The lowest BCUT2D eigenvalue weighted by atomic mass is 9.47. The summed E-state index contributed by atoms with van der Waals surface area (Å²) in [6, 6.07) is 0. The molecule has 4 aliphatic rings. The third kappa shape index (κ3) is 1.99. The van der Waals surface area contributed by atoms with Crippen LogP contribution in [0.15, 0.2) is 23.8 Å². The molecule has 1 unspecified atom stereocenters. The van der Waals surface area contributed by atoms with E-state index >= 15 is 0 Å². The van der Waals surface area contributed by atoms with Gasteiger partial charge >= 0.3 is 0 Å². The predicted molar refractivity (Wildman–Crippen MR) is 101 cm³/mol. The van der Waals surface area contributed by atoms with E-state index in [1.54, 1.807) is 13.0 Å². The minimum atomic E-state index is -0.969. The normalized spacial score (nSPS) is 50.0. The lowest BCUT2D eigenvalue weighted by Crippen LogP contribution is -2.66. The average molecular weight is 395 g/mol. The van der Waals surface area contributed by atoms with Crippen molar-refractivity contribution in [3.05, 3.63) is 23.8 Å². The maximum absolute atomic E-state index is 13.0. The minimum absolute atomic E-state index is 0.00301. The van der Waals surface area contributed by atoms with E-state index in [2.05, 4.69) is 6.92 Å². The van der Waals surface area contributed by atoms with Crippen molar-refractivity contribution in [1.29, 1.82) is 0 Å². The Morgan fingerprint density at radius 3 is 2.58 bits per heavy atom. The Morgan fingerprint density at radius 1 is 1.23 bits per heavy atom. The van der Waals surface area contributed by atoms with Gasteiger partial charge < -0.3 is 0 Å². The van der Waals surface area contributed by atoms with Gasteiger partial charge in [0.05, 0.1) is 22.1 Å². The topological polar surface area (TPSA) is 51.2 Å². The second-order valence-electron chi connectivity index (χ2n) is 8.97. The third-order valence-electron chi connectivity index (χ3n) is 7.93. The van der Waals surface area contributed by atoms with Gasteiger partial charge in [0.2, 0.25) is 0 Å². The number of carbonyl (C=O) groups excluding carboxylic acids is 3. The van der Waals surface area contributed by atoms with Crippen molar-refractivity contribution in [1.82, 2.24) is 0 Å². The van der Waals surface area contributed by atoms with Gasteiger partial charge in [0.1, 0.15) is 5.78 Å². The Balaban J connectivity index is 1.88. The first-order valence-corrected chi connectivity index (χ1v) is 10.2. The molecule has 0 radical (unpaired) electrons. The smallest absolute Gasteiger partial charge is 0.163 e. The molecule has 140 valence electrons. The standard InChI is InChI=1S/C21H24Cl2O3/c1-11(24)14-6-7-15-16-5-4-12-8-13(25)9-18(26)20(12,3)21(16,23)17(22)10-19(14,15)2/h4-5,8,14-17H,6-7,9-10H2,1-3H3/t14-,15+,16+,17?,19-,20-,21+/m1/s1. The van der Waals surface area contributed by atoms with Crippen molar-refractivity contribution in [2.24, 2.45) is 28.6 Å². The summed E-state index contributed by atoms with van der Waals surface area (Å²) in [7, 11) is 0. The number of alkyl halides is 2. The molecule has 0 aromatic rings. The zero-order chi connectivity index (χ0) is 19.1. The van der Waals surface area contributed by atoms with Gasteiger partial charge in [-0.2, -0.15) is 0 Å². The molecule has 0 aromatic heterocycles. The van der Waals surface area contributed by atoms with Crippen molar-refractivity contribution in [3.8, 4) is 0 Å². The Morgan fingerprint density at radius 2 is 1.92 bits per heavy atom. The molecule has 26 heavy (non-hydrogen) atoms. The molecular formula is C21H24Cl2O3. The van der Waals surface area contributed by atoms with E-state index in [0.717, 1.165) is 12.8 Å². The van der Waals surface area contributed by atoms with Gasteiger partial charge in [-0.05, 0) is 56.1 Å². The molecule has 0 aliphatic heterocycles. The summed E-state index contributed by atoms with van der Waals surface area (Å²) in [5, 5.41) is -0.453. The Hall–Kier alpha value is -0.930. The van der Waals surface area contributed by atoms with Gasteiger partial charge in [0.15, 0.2) is 11.6 Å². The van der Waals surface area contributed by atoms with Crippen LogP contribution in [-0.2, 0) is 14.4 Å². The molecule has 0 aromatic carbocycles. The largest absolute Gasteiger partial charge is 0.300 e. The van der Waals surface area contributed by atoms with Gasteiger partial charge in [-0.25, -0.2) is 0 Å². The zero-order valence-electron chi connectivity index (χ0n) is 15.4. The van der Waals surface area contributed by atoms with Crippen LogP contribution in [0.25, 0.3) is 0 Å². The van der Waals surface area contributed by atoms with Crippen LogP contribution in [0.1, 0.15) is 46.5 Å². The van der Waals surface area contributed by atoms with Crippen LogP contribution >= 0.6 is 23.2 Å². The van der Waals surface area contributed by atoms with Crippen LogP contribution in [0.4, 0.5) is 0 Å². The quantitative estimate of drug-likeness (QED) is 0.493. The van der Waals surface area contributed by atoms with Gasteiger partial charge in [-0.1, -0.05) is 19.1 Å². The minimum Gasteiger partial charge on any atom is -0.300 e. The van der Waals surface area contributed by atoms with Crippen molar-refractivity contribution in [2.45, 2.75) is 56.7 Å². The second kappa shape index (κ2) is 5.54. The summed E-state index contributed by atoms with van der Waals surface area (Å²) < 4.78 is 0. The van der Waals surface area contributed by atoms with Crippen LogP contribution in [0, 0.1) is 28.6 Å². The molecular weight excluding hydrogens is 371 g/mol. The zero-order valence-corrected chi connectivity index (χ0v) is 16.9. The Bertz CT molecular complexity index is 784. The molecule has 2 fully saturated rings. The number of halogens is 2. The van der Waals surface area contributed by atoms with E-state index < -0.39 is 15.7 Å². The van der Waals surface area contributed by atoms with Gasteiger partial charge in [0.25, 0.3) is 0 Å². The highest BCUT2D eigenvalue weighted by molar-refractivity contribution is 6.36.